The molecule has 0 aliphatic heterocycles. The quantitative estimate of drug-likeness (QED) is 0.831. The molecule has 2 aromatic rings. The molecule has 0 saturated heterocycles. The second kappa shape index (κ2) is 4.04. The van der Waals surface area contributed by atoms with Gasteiger partial charge in [0.25, 0.3) is 0 Å². The zero-order valence-electron chi connectivity index (χ0n) is 8.77. The lowest BCUT2D eigenvalue weighted by atomic mass is 10.3. The van der Waals surface area contributed by atoms with Crippen LogP contribution in [-0.4, -0.2) is 16.6 Å². The van der Waals surface area contributed by atoms with Crippen LogP contribution in [0.25, 0.3) is 0 Å². The second-order valence-corrected chi connectivity index (χ2v) is 3.20. The van der Waals surface area contributed by atoms with Crippen LogP contribution in [0.4, 0.5) is 5.69 Å². The van der Waals surface area contributed by atoms with Gasteiger partial charge in [0.05, 0.1) is 0 Å². The summed E-state index contributed by atoms with van der Waals surface area (Å²) >= 11 is 0. The first kappa shape index (κ1) is 9.58. The fourth-order valence-electron chi connectivity index (χ4n) is 1.25. The van der Waals surface area contributed by atoms with Gasteiger partial charge in [-0.1, -0.05) is 0 Å². The normalized spacial score (nSPS) is 10.0. The van der Waals surface area contributed by atoms with Crippen molar-refractivity contribution in [1.82, 2.24) is 9.55 Å². The minimum atomic E-state index is 0.590. The lowest BCUT2D eigenvalue weighted by molar-refractivity contribution is 0.425. The molecule has 78 valence electrons. The van der Waals surface area contributed by atoms with Gasteiger partial charge in [0.2, 0.25) is 0 Å². The maximum atomic E-state index is 5.57. The van der Waals surface area contributed by atoms with Gasteiger partial charge in [-0.3, -0.25) is 0 Å². The van der Waals surface area contributed by atoms with Crippen LogP contribution >= 0.6 is 0 Å². The highest BCUT2D eigenvalue weighted by Gasteiger charge is 2.01. The average Bonchev–Trinajstić information content (AvgIpc) is 2.66. The number of aromatic nitrogens is 2. The molecule has 0 saturated carbocycles. The number of hydrogen-bond donors (Lipinski definition) is 1. The van der Waals surface area contributed by atoms with Crippen LogP contribution in [-0.2, 0) is 7.05 Å². The molecule has 0 aliphatic rings. The van der Waals surface area contributed by atoms with Crippen LogP contribution in [0, 0.1) is 0 Å². The van der Waals surface area contributed by atoms with Crippen molar-refractivity contribution in [3.63, 3.8) is 0 Å². The van der Waals surface area contributed by atoms with Gasteiger partial charge in [0, 0.05) is 32.2 Å². The van der Waals surface area contributed by atoms with Crippen molar-refractivity contribution in [2.75, 3.05) is 12.4 Å². The van der Waals surface area contributed by atoms with Gasteiger partial charge in [-0.05, 0) is 24.3 Å². The van der Waals surface area contributed by atoms with Crippen LogP contribution in [0.5, 0.6) is 11.8 Å². The maximum Gasteiger partial charge on any atom is 0.301 e. The van der Waals surface area contributed by atoms with E-state index in [1.807, 2.05) is 49.1 Å². The summed E-state index contributed by atoms with van der Waals surface area (Å²) in [5.41, 5.74) is 1.06. The van der Waals surface area contributed by atoms with Crippen molar-refractivity contribution in [2.24, 2.45) is 7.05 Å². The molecule has 4 nitrogen and oxygen atoms in total. The molecule has 15 heavy (non-hydrogen) atoms. The van der Waals surface area contributed by atoms with Gasteiger partial charge < -0.3 is 14.6 Å². The Bertz CT molecular complexity index is 433. The van der Waals surface area contributed by atoms with Crippen molar-refractivity contribution >= 4 is 5.69 Å². The zero-order chi connectivity index (χ0) is 10.7. The second-order valence-electron chi connectivity index (χ2n) is 3.20. The van der Waals surface area contributed by atoms with Gasteiger partial charge in [-0.2, -0.15) is 0 Å². The van der Waals surface area contributed by atoms with E-state index in [0.717, 1.165) is 11.4 Å². The Balaban J connectivity index is 2.14. The van der Waals surface area contributed by atoms with E-state index < -0.39 is 0 Å². The third-order valence-electron chi connectivity index (χ3n) is 2.13. The largest absolute Gasteiger partial charge is 0.426 e. The molecule has 0 radical (unpaired) electrons. The SMILES string of the molecule is CNc1ccc(Oc2nccn2C)cc1. The number of hydrogen-bond acceptors (Lipinski definition) is 3. The fourth-order valence-corrected chi connectivity index (χ4v) is 1.25. The molecule has 0 spiro atoms. The highest BCUT2D eigenvalue weighted by atomic mass is 16.5. The van der Waals surface area contributed by atoms with Gasteiger partial charge >= 0.3 is 6.01 Å². The van der Waals surface area contributed by atoms with Gasteiger partial charge in [0.1, 0.15) is 5.75 Å². The Morgan fingerprint density at radius 2 is 2.00 bits per heavy atom. The van der Waals surface area contributed by atoms with Crippen molar-refractivity contribution in [3.8, 4) is 11.8 Å². The summed E-state index contributed by atoms with van der Waals surface area (Å²) in [4.78, 5) is 4.08. The Labute approximate surface area is 88.5 Å². The number of imidazole rings is 1. The standard InChI is InChI=1S/C11H13N3O/c1-12-9-3-5-10(6-4-9)15-11-13-7-8-14(11)2/h3-8,12H,1-2H3. The third kappa shape index (κ3) is 2.10. The molecule has 1 heterocycles. The van der Waals surface area contributed by atoms with E-state index >= 15 is 0 Å². The zero-order valence-corrected chi connectivity index (χ0v) is 8.77. The molecular formula is C11H13N3O. The summed E-state index contributed by atoms with van der Waals surface area (Å²) in [7, 11) is 3.78. The number of aryl methyl sites for hydroxylation is 1. The molecule has 1 aromatic heterocycles. The molecule has 4 heteroatoms. The molecule has 0 atom stereocenters. The van der Waals surface area contributed by atoms with Gasteiger partial charge in [0.15, 0.2) is 0 Å². The average molecular weight is 203 g/mol. The molecule has 0 aliphatic carbocycles. The van der Waals surface area contributed by atoms with Crippen LogP contribution in [0.15, 0.2) is 36.7 Å². The fraction of sp³-hybridized carbons (Fsp3) is 0.182. The van der Waals surface area contributed by atoms with E-state index in [9.17, 15) is 0 Å². The Hall–Kier alpha value is -1.97. The van der Waals surface area contributed by atoms with E-state index in [1.54, 1.807) is 6.20 Å². The van der Waals surface area contributed by atoms with E-state index in [-0.39, 0.29) is 0 Å². The van der Waals surface area contributed by atoms with Crippen molar-refractivity contribution < 1.29 is 4.74 Å². The predicted molar refractivity (Wildman–Crippen MR) is 59.3 cm³/mol. The molecule has 1 N–H and O–H groups in total. The summed E-state index contributed by atoms with van der Waals surface area (Å²) in [5, 5.41) is 3.05. The monoisotopic (exact) mass is 203 g/mol. The van der Waals surface area contributed by atoms with Crippen molar-refractivity contribution in [3.05, 3.63) is 36.7 Å². The molecule has 0 unspecified atom stereocenters. The summed E-state index contributed by atoms with van der Waals surface area (Å²) < 4.78 is 7.40. The lowest BCUT2D eigenvalue weighted by Crippen LogP contribution is -1.93. The first-order valence-corrected chi connectivity index (χ1v) is 4.72. The van der Waals surface area contributed by atoms with Crippen LogP contribution in [0.3, 0.4) is 0 Å². The van der Waals surface area contributed by atoms with Gasteiger partial charge in [-0.25, -0.2) is 4.98 Å². The third-order valence-corrected chi connectivity index (χ3v) is 2.13. The molecule has 1 aromatic carbocycles. The summed E-state index contributed by atoms with van der Waals surface area (Å²) in [6.45, 7) is 0. The summed E-state index contributed by atoms with van der Waals surface area (Å²) in [5.74, 6) is 0.781. The highest BCUT2D eigenvalue weighted by Crippen LogP contribution is 2.20. The molecule has 0 bridgehead atoms. The molecular weight excluding hydrogens is 190 g/mol. The first-order chi connectivity index (χ1) is 7.29. The van der Waals surface area contributed by atoms with E-state index in [0.29, 0.717) is 6.01 Å². The number of ether oxygens (including phenoxy) is 1. The Morgan fingerprint density at radius 1 is 1.27 bits per heavy atom. The molecule has 2 rings (SSSR count). The highest BCUT2D eigenvalue weighted by molar-refractivity contribution is 5.46. The Kier molecular flexibility index (Phi) is 2.58. The number of benzene rings is 1. The molecule has 0 amide bonds. The van der Waals surface area contributed by atoms with Crippen LogP contribution < -0.4 is 10.1 Å². The smallest absolute Gasteiger partial charge is 0.301 e. The van der Waals surface area contributed by atoms with Crippen molar-refractivity contribution in [2.45, 2.75) is 0 Å². The maximum absolute atomic E-state index is 5.57. The van der Waals surface area contributed by atoms with Gasteiger partial charge in [-0.15, -0.1) is 0 Å². The van der Waals surface area contributed by atoms with Crippen LogP contribution in [0.1, 0.15) is 0 Å². The number of anilines is 1. The number of nitrogens with zero attached hydrogens (tertiary/aromatic N) is 2. The topological polar surface area (TPSA) is 39.1 Å². The van der Waals surface area contributed by atoms with E-state index in [1.165, 1.54) is 0 Å². The molecule has 0 fully saturated rings. The minimum Gasteiger partial charge on any atom is -0.426 e. The number of nitrogens with one attached hydrogen (secondary N) is 1. The Morgan fingerprint density at radius 3 is 2.53 bits per heavy atom. The van der Waals surface area contributed by atoms with Crippen molar-refractivity contribution in [1.29, 1.82) is 0 Å². The first-order valence-electron chi connectivity index (χ1n) is 4.72. The number of rotatable bonds is 3. The predicted octanol–water partition coefficient (Wildman–Crippen LogP) is 2.25. The van der Waals surface area contributed by atoms with E-state index in [2.05, 4.69) is 10.3 Å². The minimum absolute atomic E-state index is 0.590. The van der Waals surface area contributed by atoms with Crippen LogP contribution in [0.2, 0.25) is 0 Å². The lowest BCUT2D eigenvalue weighted by Gasteiger charge is -2.05. The summed E-state index contributed by atoms with van der Waals surface area (Å²) in [6.07, 6.45) is 3.55. The van der Waals surface area contributed by atoms with E-state index in [4.69, 9.17) is 4.74 Å². The summed E-state index contributed by atoms with van der Waals surface area (Å²) in [6, 6.07) is 8.31.